The average molecular weight is 146 g/mol. The van der Waals surface area contributed by atoms with Gasteiger partial charge in [0.1, 0.15) is 6.33 Å². The van der Waals surface area contributed by atoms with Gasteiger partial charge in [-0.25, -0.2) is 9.55 Å². The lowest BCUT2D eigenvalue weighted by atomic mass is 10.6. The lowest BCUT2D eigenvalue weighted by Crippen LogP contribution is -2.18. The summed E-state index contributed by atoms with van der Waals surface area (Å²) >= 11 is 0. The Balaban J connectivity index is 3.16. The minimum atomic E-state index is -2.80. The molecule has 0 saturated heterocycles. The zero-order valence-electron chi connectivity index (χ0n) is 4.87. The number of alkyl halides is 2. The molecule has 0 N–H and O–H groups in total. The predicted octanol–water partition coefficient (Wildman–Crippen LogP) is 0.638. The van der Waals surface area contributed by atoms with Gasteiger partial charge in [-0.3, -0.25) is 4.79 Å². The first-order valence-electron chi connectivity index (χ1n) is 2.52. The molecule has 0 atom stereocenters. The molecule has 0 fully saturated rings. The number of halogens is 2. The fourth-order valence-corrected chi connectivity index (χ4v) is 0.507. The van der Waals surface area contributed by atoms with Gasteiger partial charge >= 0.3 is 6.55 Å². The van der Waals surface area contributed by atoms with Crippen molar-refractivity contribution in [2.24, 2.45) is 0 Å². The summed E-state index contributed by atoms with van der Waals surface area (Å²) < 4.78 is 23.8. The monoisotopic (exact) mass is 146 g/mol. The molecule has 1 heterocycles. The van der Waals surface area contributed by atoms with E-state index in [9.17, 15) is 13.6 Å². The first-order valence-corrected chi connectivity index (χ1v) is 2.52. The van der Waals surface area contributed by atoms with Crippen LogP contribution in [0.2, 0.25) is 0 Å². The van der Waals surface area contributed by atoms with Crippen LogP contribution in [-0.4, -0.2) is 9.55 Å². The van der Waals surface area contributed by atoms with Crippen molar-refractivity contribution in [1.29, 1.82) is 0 Å². The highest BCUT2D eigenvalue weighted by Crippen LogP contribution is 2.02. The van der Waals surface area contributed by atoms with E-state index in [-0.39, 0.29) is 4.57 Å². The molecule has 0 aromatic carbocycles. The molecular formula is C5H4F2N2O. The van der Waals surface area contributed by atoms with Crippen molar-refractivity contribution in [3.05, 3.63) is 28.9 Å². The van der Waals surface area contributed by atoms with Crippen LogP contribution in [0.1, 0.15) is 6.55 Å². The Morgan fingerprint density at radius 3 is 2.70 bits per heavy atom. The number of rotatable bonds is 1. The number of hydrogen-bond donors (Lipinski definition) is 0. The van der Waals surface area contributed by atoms with Crippen molar-refractivity contribution in [3.8, 4) is 0 Å². The van der Waals surface area contributed by atoms with Gasteiger partial charge in [0.25, 0.3) is 5.56 Å². The minimum absolute atomic E-state index is 0.250. The third-order valence-electron chi connectivity index (χ3n) is 0.959. The van der Waals surface area contributed by atoms with E-state index in [0.717, 1.165) is 12.4 Å². The van der Waals surface area contributed by atoms with Crippen molar-refractivity contribution in [1.82, 2.24) is 9.55 Å². The van der Waals surface area contributed by atoms with Crippen LogP contribution in [0.25, 0.3) is 0 Å². The van der Waals surface area contributed by atoms with Gasteiger partial charge in [-0.2, -0.15) is 8.78 Å². The molecule has 0 aliphatic carbocycles. The lowest BCUT2D eigenvalue weighted by Gasteiger charge is -1.98. The number of hydrogen-bond acceptors (Lipinski definition) is 2. The van der Waals surface area contributed by atoms with Gasteiger partial charge in [-0.15, -0.1) is 0 Å². The SMILES string of the molecule is O=c1ccncn1C(F)F. The van der Waals surface area contributed by atoms with Gasteiger partial charge in [-0.1, -0.05) is 0 Å². The van der Waals surface area contributed by atoms with E-state index in [1.54, 1.807) is 0 Å². The summed E-state index contributed by atoms with van der Waals surface area (Å²) in [6.07, 6.45) is 1.97. The zero-order valence-corrected chi connectivity index (χ0v) is 4.87. The summed E-state index contributed by atoms with van der Waals surface area (Å²) in [4.78, 5) is 13.9. The molecule has 54 valence electrons. The highest BCUT2D eigenvalue weighted by atomic mass is 19.3. The van der Waals surface area contributed by atoms with E-state index < -0.39 is 12.1 Å². The van der Waals surface area contributed by atoms with Crippen LogP contribution in [0.3, 0.4) is 0 Å². The van der Waals surface area contributed by atoms with Crippen LogP contribution in [0.15, 0.2) is 23.4 Å². The molecule has 3 nitrogen and oxygen atoms in total. The van der Waals surface area contributed by atoms with Gasteiger partial charge in [-0.05, 0) is 0 Å². The molecule has 0 unspecified atom stereocenters. The number of nitrogens with zero attached hydrogens (tertiary/aromatic N) is 2. The third-order valence-corrected chi connectivity index (χ3v) is 0.959. The summed E-state index contributed by atoms with van der Waals surface area (Å²) in [7, 11) is 0. The quantitative estimate of drug-likeness (QED) is 0.582. The van der Waals surface area contributed by atoms with E-state index in [0.29, 0.717) is 0 Å². The molecule has 1 aromatic rings. The summed E-state index contributed by atoms with van der Waals surface area (Å²) in [6, 6.07) is 0.978. The standard InChI is InChI=1S/C5H4F2N2O/c6-5(7)9-3-8-2-1-4(9)10/h1-3,5H. The summed E-state index contributed by atoms with van der Waals surface area (Å²) in [6.45, 7) is -2.80. The third kappa shape index (κ3) is 1.18. The van der Waals surface area contributed by atoms with E-state index >= 15 is 0 Å². The smallest absolute Gasteiger partial charge is 0.269 e. The molecule has 0 saturated carbocycles. The Morgan fingerprint density at radius 2 is 2.30 bits per heavy atom. The van der Waals surface area contributed by atoms with Gasteiger partial charge in [0.15, 0.2) is 0 Å². The highest BCUT2D eigenvalue weighted by Gasteiger charge is 2.04. The minimum Gasteiger partial charge on any atom is -0.269 e. The molecular weight excluding hydrogens is 142 g/mol. The molecule has 0 radical (unpaired) electrons. The lowest BCUT2D eigenvalue weighted by molar-refractivity contribution is 0.0651. The van der Waals surface area contributed by atoms with Crippen LogP contribution in [0, 0.1) is 0 Å². The topological polar surface area (TPSA) is 34.9 Å². The van der Waals surface area contributed by atoms with Crippen LogP contribution in [-0.2, 0) is 0 Å². The second kappa shape index (κ2) is 2.55. The van der Waals surface area contributed by atoms with Crippen LogP contribution in [0.4, 0.5) is 8.78 Å². The molecule has 0 aliphatic heterocycles. The summed E-state index contributed by atoms with van der Waals surface area (Å²) in [5.41, 5.74) is -0.745. The molecule has 1 aromatic heterocycles. The van der Waals surface area contributed by atoms with Crippen molar-refractivity contribution in [2.75, 3.05) is 0 Å². The largest absolute Gasteiger partial charge is 0.322 e. The van der Waals surface area contributed by atoms with E-state index in [2.05, 4.69) is 4.98 Å². The Hall–Kier alpha value is -1.26. The van der Waals surface area contributed by atoms with Crippen molar-refractivity contribution in [3.63, 3.8) is 0 Å². The van der Waals surface area contributed by atoms with Crippen molar-refractivity contribution < 1.29 is 8.78 Å². The van der Waals surface area contributed by atoms with Gasteiger partial charge < -0.3 is 0 Å². The van der Waals surface area contributed by atoms with E-state index in [1.807, 2.05) is 0 Å². The van der Waals surface area contributed by atoms with Crippen molar-refractivity contribution in [2.45, 2.75) is 6.55 Å². The summed E-state index contributed by atoms with van der Waals surface area (Å²) in [5.74, 6) is 0. The molecule has 1 rings (SSSR count). The number of aromatic nitrogens is 2. The maximum absolute atomic E-state index is 11.8. The zero-order chi connectivity index (χ0) is 7.56. The predicted molar refractivity (Wildman–Crippen MR) is 29.7 cm³/mol. The van der Waals surface area contributed by atoms with Gasteiger partial charge in [0.05, 0.1) is 0 Å². The molecule has 0 amide bonds. The fourth-order valence-electron chi connectivity index (χ4n) is 0.507. The Bertz CT molecular complexity index is 270. The molecule has 5 heteroatoms. The second-order valence-corrected chi connectivity index (χ2v) is 1.60. The van der Waals surface area contributed by atoms with Gasteiger partial charge in [0, 0.05) is 12.3 Å². The normalized spacial score (nSPS) is 10.3. The Labute approximate surface area is 54.9 Å². The second-order valence-electron chi connectivity index (χ2n) is 1.60. The van der Waals surface area contributed by atoms with E-state index in [4.69, 9.17) is 0 Å². The van der Waals surface area contributed by atoms with E-state index in [1.165, 1.54) is 6.20 Å². The first kappa shape index (κ1) is 6.85. The maximum Gasteiger partial charge on any atom is 0.322 e. The van der Waals surface area contributed by atoms with Gasteiger partial charge in [0.2, 0.25) is 0 Å². The molecule has 10 heavy (non-hydrogen) atoms. The van der Waals surface area contributed by atoms with Crippen molar-refractivity contribution >= 4 is 0 Å². The molecule has 0 aliphatic rings. The van der Waals surface area contributed by atoms with Crippen LogP contribution in [0.5, 0.6) is 0 Å². The highest BCUT2D eigenvalue weighted by molar-refractivity contribution is 4.81. The Kier molecular flexibility index (Phi) is 1.75. The van der Waals surface area contributed by atoms with Crippen LogP contribution < -0.4 is 5.56 Å². The van der Waals surface area contributed by atoms with Crippen LogP contribution >= 0.6 is 0 Å². The Morgan fingerprint density at radius 1 is 1.60 bits per heavy atom. The molecule has 0 spiro atoms. The first-order chi connectivity index (χ1) is 4.72. The average Bonchev–Trinajstić information content (AvgIpc) is 1.88. The maximum atomic E-state index is 11.8. The molecule has 0 bridgehead atoms. The fraction of sp³-hybridized carbons (Fsp3) is 0.200. The summed E-state index contributed by atoms with van der Waals surface area (Å²) in [5, 5.41) is 0.